The molecule has 20 heavy (non-hydrogen) atoms. The van der Waals surface area contributed by atoms with Gasteiger partial charge in [-0.25, -0.2) is 0 Å². The number of carbonyl (C=O) groups is 1. The van der Waals surface area contributed by atoms with Gasteiger partial charge in [-0.1, -0.05) is 18.0 Å². The Labute approximate surface area is 118 Å². The molecule has 0 radical (unpaired) electrons. The summed E-state index contributed by atoms with van der Waals surface area (Å²) in [5.41, 5.74) is 0.724. The van der Waals surface area contributed by atoms with E-state index in [2.05, 4.69) is 5.16 Å². The van der Waals surface area contributed by atoms with Gasteiger partial charge in [0.05, 0.1) is 11.8 Å². The largest absolute Gasteiger partial charge is 0.393 e. The Morgan fingerprint density at radius 1 is 1.35 bits per heavy atom. The Kier molecular flexibility index (Phi) is 3.78. The van der Waals surface area contributed by atoms with Crippen LogP contribution < -0.4 is 0 Å². The van der Waals surface area contributed by atoms with Gasteiger partial charge in [-0.15, -0.1) is 0 Å². The number of amides is 1. The Bertz CT molecular complexity index is 485. The minimum atomic E-state index is -0.265. The molecule has 2 aliphatic rings. The van der Waals surface area contributed by atoms with Crippen LogP contribution in [-0.2, 0) is 0 Å². The van der Waals surface area contributed by atoms with Gasteiger partial charge in [0.15, 0.2) is 0 Å². The first-order chi connectivity index (χ1) is 9.66. The number of rotatable bonds is 2. The lowest BCUT2D eigenvalue weighted by molar-refractivity contribution is 0.0197. The Balaban J connectivity index is 1.76. The molecule has 1 aromatic heterocycles. The first-order valence-corrected chi connectivity index (χ1v) is 7.59. The van der Waals surface area contributed by atoms with Crippen LogP contribution in [0.4, 0.5) is 0 Å². The summed E-state index contributed by atoms with van der Waals surface area (Å²) in [4.78, 5) is 14.4. The summed E-state index contributed by atoms with van der Waals surface area (Å²) in [6, 6.07) is 1.85. The number of aliphatic hydroxyl groups excluding tert-OH is 1. The van der Waals surface area contributed by atoms with Gasteiger partial charge in [-0.2, -0.15) is 0 Å². The van der Waals surface area contributed by atoms with Crippen molar-refractivity contribution in [2.24, 2.45) is 5.92 Å². The van der Waals surface area contributed by atoms with Gasteiger partial charge in [-0.05, 0) is 32.6 Å². The third kappa shape index (κ3) is 2.46. The molecule has 1 aromatic rings. The summed E-state index contributed by atoms with van der Waals surface area (Å²) >= 11 is 0. The van der Waals surface area contributed by atoms with Crippen molar-refractivity contribution in [3.05, 3.63) is 17.5 Å². The lowest BCUT2D eigenvalue weighted by Gasteiger charge is -2.36. The summed E-state index contributed by atoms with van der Waals surface area (Å²) in [7, 11) is 0. The maximum Gasteiger partial charge on any atom is 0.292 e. The molecule has 3 atom stereocenters. The molecule has 2 fully saturated rings. The number of nitrogens with zero attached hydrogens (tertiary/aromatic N) is 2. The fourth-order valence-corrected chi connectivity index (χ4v) is 3.68. The summed E-state index contributed by atoms with van der Waals surface area (Å²) in [5, 5.41) is 14.0. The van der Waals surface area contributed by atoms with Crippen LogP contribution in [0.25, 0.3) is 0 Å². The SMILES string of the molecule is Cc1cc(C(=O)N2CCCC2C2CCCCC2O)on1. The second-order valence-electron chi connectivity index (χ2n) is 6.06. The summed E-state index contributed by atoms with van der Waals surface area (Å²) in [6.07, 6.45) is 5.86. The summed E-state index contributed by atoms with van der Waals surface area (Å²) < 4.78 is 5.10. The number of aliphatic hydroxyl groups is 1. The first-order valence-electron chi connectivity index (χ1n) is 7.59. The fourth-order valence-electron chi connectivity index (χ4n) is 3.68. The van der Waals surface area contributed by atoms with Crippen molar-refractivity contribution in [1.82, 2.24) is 10.1 Å². The highest BCUT2D eigenvalue weighted by molar-refractivity contribution is 5.91. The van der Waals surface area contributed by atoms with E-state index in [0.29, 0.717) is 5.76 Å². The monoisotopic (exact) mass is 278 g/mol. The molecule has 1 saturated heterocycles. The maximum absolute atomic E-state index is 12.5. The quantitative estimate of drug-likeness (QED) is 0.900. The van der Waals surface area contributed by atoms with E-state index in [1.807, 2.05) is 11.8 Å². The number of hydrogen-bond acceptors (Lipinski definition) is 4. The molecular formula is C15H22N2O3. The van der Waals surface area contributed by atoms with Crippen molar-refractivity contribution in [3.8, 4) is 0 Å². The van der Waals surface area contributed by atoms with Crippen molar-refractivity contribution in [1.29, 1.82) is 0 Å². The normalized spacial score (nSPS) is 30.7. The molecule has 0 bridgehead atoms. The lowest BCUT2D eigenvalue weighted by atomic mass is 9.80. The van der Waals surface area contributed by atoms with Gasteiger partial charge in [0.2, 0.25) is 5.76 Å². The zero-order valence-electron chi connectivity index (χ0n) is 11.9. The average molecular weight is 278 g/mol. The molecule has 1 amide bonds. The molecular weight excluding hydrogens is 256 g/mol. The molecule has 3 unspecified atom stereocenters. The predicted octanol–water partition coefficient (Wildman–Crippen LogP) is 2.14. The van der Waals surface area contributed by atoms with Gasteiger partial charge in [0, 0.05) is 24.6 Å². The third-order valence-electron chi connectivity index (χ3n) is 4.67. The van der Waals surface area contributed by atoms with Crippen LogP contribution in [0.15, 0.2) is 10.6 Å². The van der Waals surface area contributed by atoms with Gasteiger partial charge >= 0.3 is 0 Å². The highest BCUT2D eigenvalue weighted by Gasteiger charge is 2.40. The zero-order valence-corrected chi connectivity index (χ0v) is 11.9. The molecule has 3 rings (SSSR count). The highest BCUT2D eigenvalue weighted by Crippen LogP contribution is 2.35. The minimum Gasteiger partial charge on any atom is -0.393 e. The van der Waals surface area contributed by atoms with E-state index in [4.69, 9.17) is 4.52 Å². The highest BCUT2D eigenvalue weighted by atomic mass is 16.5. The molecule has 5 nitrogen and oxygen atoms in total. The fraction of sp³-hybridized carbons (Fsp3) is 0.733. The number of aromatic nitrogens is 1. The second-order valence-corrected chi connectivity index (χ2v) is 6.06. The molecule has 0 spiro atoms. The molecule has 5 heteroatoms. The Morgan fingerprint density at radius 3 is 2.85 bits per heavy atom. The predicted molar refractivity (Wildman–Crippen MR) is 73.3 cm³/mol. The topological polar surface area (TPSA) is 66.6 Å². The van der Waals surface area contributed by atoms with Crippen LogP contribution >= 0.6 is 0 Å². The number of likely N-dealkylation sites (tertiary alicyclic amines) is 1. The van der Waals surface area contributed by atoms with E-state index in [1.165, 1.54) is 0 Å². The van der Waals surface area contributed by atoms with Crippen molar-refractivity contribution in [2.45, 2.75) is 57.6 Å². The smallest absolute Gasteiger partial charge is 0.292 e. The van der Waals surface area contributed by atoms with E-state index in [0.717, 1.165) is 50.8 Å². The lowest BCUT2D eigenvalue weighted by Crippen LogP contribution is -2.45. The molecule has 1 saturated carbocycles. The standard InChI is InChI=1S/C15H22N2O3/c1-10-9-14(20-16-10)15(19)17-8-4-6-12(17)11-5-2-3-7-13(11)18/h9,11-13,18H,2-8H2,1H3. The number of carbonyl (C=O) groups excluding carboxylic acids is 1. The van der Waals surface area contributed by atoms with E-state index >= 15 is 0 Å². The van der Waals surface area contributed by atoms with E-state index in [1.54, 1.807) is 6.07 Å². The first kappa shape index (κ1) is 13.6. The van der Waals surface area contributed by atoms with Crippen LogP contribution in [0.1, 0.15) is 54.8 Å². The third-order valence-corrected chi connectivity index (χ3v) is 4.67. The molecule has 1 N–H and O–H groups in total. The molecule has 110 valence electrons. The van der Waals surface area contributed by atoms with Crippen LogP contribution in [0.3, 0.4) is 0 Å². The van der Waals surface area contributed by atoms with Gasteiger partial charge in [0.25, 0.3) is 5.91 Å². The van der Waals surface area contributed by atoms with Crippen LogP contribution in [0, 0.1) is 12.8 Å². The second kappa shape index (κ2) is 5.56. The van der Waals surface area contributed by atoms with Crippen molar-refractivity contribution < 1.29 is 14.4 Å². The van der Waals surface area contributed by atoms with Crippen LogP contribution in [-0.4, -0.2) is 39.8 Å². The molecule has 2 heterocycles. The summed E-state index contributed by atoms with van der Waals surface area (Å²) in [5.74, 6) is 0.463. The van der Waals surface area contributed by atoms with Gasteiger partial charge < -0.3 is 14.5 Å². The zero-order chi connectivity index (χ0) is 14.1. The van der Waals surface area contributed by atoms with Crippen LogP contribution in [0.2, 0.25) is 0 Å². The molecule has 1 aliphatic heterocycles. The Morgan fingerprint density at radius 2 is 2.15 bits per heavy atom. The summed E-state index contributed by atoms with van der Waals surface area (Å²) in [6.45, 7) is 2.57. The molecule has 1 aliphatic carbocycles. The van der Waals surface area contributed by atoms with E-state index < -0.39 is 0 Å². The Hall–Kier alpha value is -1.36. The average Bonchev–Trinajstić information content (AvgIpc) is 3.07. The van der Waals surface area contributed by atoms with Crippen molar-refractivity contribution in [3.63, 3.8) is 0 Å². The van der Waals surface area contributed by atoms with Crippen LogP contribution in [0.5, 0.6) is 0 Å². The maximum atomic E-state index is 12.5. The van der Waals surface area contributed by atoms with Gasteiger partial charge in [0.1, 0.15) is 0 Å². The molecule has 0 aromatic carbocycles. The minimum absolute atomic E-state index is 0.0779. The van der Waals surface area contributed by atoms with E-state index in [-0.39, 0.29) is 24.0 Å². The number of aryl methyl sites for hydroxylation is 1. The van der Waals surface area contributed by atoms with Gasteiger partial charge in [-0.3, -0.25) is 4.79 Å². The van der Waals surface area contributed by atoms with Crippen molar-refractivity contribution >= 4 is 5.91 Å². The van der Waals surface area contributed by atoms with Crippen molar-refractivity contribution in [2.75, 3.05) is 6.54 Å². The van der Waals surface area contributed by atoms with E-state index in [9.17, 15) is 9.90 Å². The number of hydrogen-bond donors (Lipinski definition) is 1.